The maximum atomic E-state index is 14.2. The van der Waals surface area contributed by atoms with E-state index in [2.05, 4.69) is 30.7 Å². The Hall–Kier alpha value is -3.80. The average Bonchev–Trinajstić information content (AvgIpc) is 3.29. The zero-order chi connectivity index (χ0) is 27.9. The monoisotopic (exact) mass is 554 g/mol. The molecule has 1 aromatic carbocycles. The van der Waals surface area contributed by atoms with E-state index in [0.29, 0.717) is 37.0 Å². The van der Waals surface area contributed by atoms with Crippen LogP contribution in [0.4, 0.5) is 13.2 Å². The molecule has 0 spiro atoms. The Bertz CT molecular complexity index is 1380. The molecule has 0 radical (unpaired) electrons. The first kappa shape index (κ1) is 26.4. The normalized spacial score (nSPS) is 22.7. The Morgan fingerprint density at radius 2 is 1.70 bits per heavy atom. The molecule has 3 fully saturated rings. The van der Waals surface area contributed by atoms with E-state index in [1.54, 1.807) is 18.5 Å². The molecule has 12 heteroatoms. The summed E-state index contributed by atoms with van der Waals surface area (Å²) in [6, 6.07) is 3.78. The highest BCUT2D eigenvalue weighted by Crippen LogP contribution is 2.44. The molecule has 1 saturated heterocycles. The fraction of sp³-hybridized carbons (Fsp3) is 0.464. The molecule has 6 rings (SSSR count). The van der Waals surface area contributed by atoms with Crippen molar-refractivity contribution in [2.24, 2.45) is 5.92 Å². The summed E-state index contributed by atoms with van der Waals surface area (Å²) in [4.78, 5) is 37.9. The minimum Gasteiger partial charge on any atom is -0.355 e. The molecule has 2 aliphatic carbocycles. The van der Waals surface area contributed by atoms with Crippen LogP contribution in [0, 0.1) is 23.4 Å². The maximum Gasteiger partial charge on any atom is 0.273 e. The van der Waals surface area contributed by atoms with Crippen molar-refractivity contribution in [2.45, 2.75) is 62.6 Å². The zero-order valence-electron chi connectivity index (χ0n) is 21.7. The number of hydrogen-bond donors (Lipinski definition) is 2. The molecule has 2 amide bonds. The lowest BCUT2D eigenvalue weighted by Gasteiger charge is -2.41. The van der Waals surface area contributed by atoms with Crippen LogP contribution in [0.2, 0.25) is 0 Å². The highest BCUT2D eigenvalue weighted by molar-refractivity contribution is 5.94. The summed E-state index contributed by atoms with van der Waals surface area (Å²) in [6.45, 7) is 1.21. The molecule has 0 unspecified atom stereocenters. The number of carbonyl (C=O) groups excluding carboxylic acids is 2. The molecule has 2 aromatic heterocycles. The van der Waals surface area contributed by atoms with Crippen molar-refractivity contribution in [1.29, 1.82) is 0 Å². The third-order valence-electron chi connectivity index (χ3n) is 8.24. The van der Waals surface area contributed by atoms with E-state index in [-0.39, 0.29) is 17.4 Å². The Kier molecular flexibility index (Phi) is 7.03. The number of hydrogen-bond acceptors (Lipinski definition) is 7. The summed E-state index contributed by atoms with van der Waals surface area (Å²) in [5, 5.41) is 9.74. The Morgan fingerprint density at radius 1 is 1.00 bits per heavy atom. The minimum absolute atomic E-state index is 0.186. The smallest absolute Gasteiger partial charge is 0.273 e. The third kappa shape index (κ3) is 5.19. The SMILES string of the molecule is O=C(N[C@@H]1CCN(C2CCCC2)C[C@H]1C(=O)NC1(c2ncccn2)CC1)c1cc(-c2c(F)cc(F)cc2F)on1. The summed E-state index contributed by atoms with van der Waals surface area (Å²) in [6.07, 6.45) is 9.81. The van der Waals surface area contributed by atoms with Gasteiger partial charge in [0, 0.05) is 55.8 Å². The second-order valence-corrected chi connectivity index (χ2v) is 10.9. The number of carbonyl (C=O) groups is 2. The molecular weight excluding hydrogens is 525 g/mol. The van der Waals surface area contributed by atoms with Crippen LogP contribution in [0.15, 0.2) is 41.2 Å². The summed E-state index contributed by atoms with van der Waals surface area (Å²) < 4.78 is 46.8. The lowest BCUT2D eigenvalue weighted by atomic mass is 9.89. The molecule has 3 aliphatic rings. The van der Waals surface area contributed by atoms with E-state index in [9.17, 15) is 22.8 Å². The fourth-order valence-electron chi connectivity index (χ4n) is 5.94. The van der Waals surface area contributed by atoms with Gasteiger partial charge in [-0.25, -0.2) is 23.1 Å². The van der Waals surface area contributed by atoms with Crippen molar-refractivity contribution < 1.29 is 27.3 Å². The van der Waals surface area contributed by atoms with Gasteiger partial charge in [0.05, 0.1) is 17.0 Å². The molecule has 2 atom stereocenters. The Labute approximate surface area is 228 Å². The number of likely N-dealkylation sites (tertiary alicyclic amines) is 1. The summed E-state index contributed by atoms with van der Waals surface area (Å²) >= 11 is 0. The van der Waals surface area contributed by atoms with E-state index >= 15 is 0 Å². The van der Waals surface area contributed by atoms with Crippen molar-refractivity contribution in [2.75, 3.05) is 13.1 Å². The number of benzene rings is 1. The number of halogens is 3. The van der Waals surface area contributed by atoms with E-state index < -0.39 is 46.4 Å². The van der Waals surface area contributed by atoms with Crippen LogP contribution < -0.4 is 10.6 Å². The predicted molar refractivity (Wildman–Crippen MR) is 136 cm³/mol. The molecular formula is C28H29F3N6O3. The fourth-order valence-corrected chi connectivity index (χ4v) is 5.94. The summed E-state index contributed by atoms with van der Waals surface area (Å²) in [5.74, 6) is -4.56. The van der Waals surface area contributed by atoms with Gasteiger partial charge in [-0.3, -0.25) is 14.5 Å². The first-order valence-electron chi connectivity index (χ1n) is 13.6. The van der Waals surface area contributed by atoms with E-state index in [1.807, 2.05) is 0 Å². The second-order valence-electron chi connectivity index (χ2n) is 10.9. The summed E-state index contributed by atoms with van der Waals surface area (Å²) in [5.41, 5.74) is -1.42. The quantitative estimate of drug-likeness (QED) is 0.458. The van der Waals surface area contributed by atoms with Gasteiger partial charge in [0.2, 0.25) is 5.91 Å². The van der Waals surface area contributed by atoms with Crippen molar-refractivity contribution in [3.8, 4) is 11.3 Å². The summed E-state index contributed by atoms with van der Waals surface area (Å²) in [7, 11) is 0. The van der Waals surface area contributed by atoms with Crippen LogP contribution in [0.5, 0.6) is 0 Å². The number of nitrogens with zero attached hydrogens (tertiary/aromatic N) is 4. The van der Waals surface area contributed by atoms with E-state index in [1.165, 1.54) is 0 Å². The molecule has 2 N–H and O–H groups in total. The highest BCUT2D eigenvalue weighted by atomic mass is 19.1. The van der Waals surface area contributed by atoms with E-state index in [4.69, 9.17) is 4.52 Å². The molecule has 3 heterocycles. The molecule has 1 aliphatic heterocycles. The number of aromatic nitrogens is 3. The van der Waals surface area contributed by atoms with Gasteiger partial charge in [0.25, 0.3) is 5.91 Å². The molecule has 2 saturated carbocycles. The van der Waals surface area contributed by atoms with Crippen LogP contribution in [-0.4, -0.2) is 57.0 Å². The van der Waals surface area contributed by atoms with Gasteiger partial charge in [-0.2, -0.15) is 0 Å². The number of rotatable bonds is 7. The second kappa shape index (κ2) is 10.6. The first-order chi connectivity index (χ1) is 19.3. The lowest BCUT2D eigenvalue weighted by molar-refractivity contribution is -0.129. The topological polar surface area (TPSA) is 113 Å². The van der Waals surface area contributed by atoms with Gasteiger partial charge in [0.15, 0.2) is 17.3 Å². The molecule has 3 aromatic rings. The molecule has 0 bridgehead atoms. The minimum atomic E-state index is -1.17. The van der Waals surface area contributed by atoms with Gasteiger partial charge in [-0.15, -0.1) is 0 Å². The first-order valence-corrected chi connectivity index (χ1v) is 13.6. The van der Waals surface area contributed by atoms with Crippen LogP contribution in [0.25, 0.3) is 11.3 Å². The van der Waals surface area contributed by atoms with Gasteiger partial charge < -0.3 is 15.2 Å². The predicted octanol–water partition coefficient (Wildman–Crippen LogP) is 3.72. The third-order valence-corrected chi connectivity index (χ3v) is 8.24. The van der Waals surface area contributed by atoms with Crippen LogP contribution in [0.1, 0.15) is 61.3 Å². The maximum absolute atomic E-state index is 14.2. The lowest BCUT2D eigenvalue weighted by Crippen LogP contribution is -2.58. The Morgan fingerprint density at radius 3 is 2.38 bits per heavy atom. The van der Waals surface area contributed by atoms with Crippen LogP contribution in [-0.2, 0) is 10.3 Å². The number of piperidine rings is 1. The largest absolute Gasteiger partial charge is 0.355 e. The van der Waals surface area contributed by atoms with Crippen molar-refractivity contribution in [3.63, 3.8) is 0 Å². The van der Waals surface area contributed by atoms with Gasteiger partial charge in [-0.1, -0.05) is 18.0 Å². The number of nitrogens with one attached hydrogen (secondary N) is 2. The number of amides is 2. The van der Waals surface area contributed by atoms with Gasteiger partial charge in [-0.05, 0) is 38.2 Å². The highest BCUT2D eigenvalue weighted by Gasteiger charge is 2.50. The van der Waals surface area contributed by atoms with E-state index in [0.717, 1.165) is 51.1 Å². The molecule has 210 valence electrons. The molecule has 9 nitrogen and oxygen atoms in total. The van der Waals surface area contributed by atoms with Crippen molar-refractivity contribution in [3.05, 3.63) is 65.6 Å². The zero-order valence-corrected chi connectivity index (χ0v) is 21.7. The van der Waals surface area contributed by atoms with Crippen LogP contribution >= 0.6 is 0 Å². The van der Waals surface area contributed by atoms with Crippen molar-refractivity contribution in [1.82, 2.24) is 30.7 Å². The molecule has 40 heavy (non-hydrogen) atoms. The van der Waals surface area contributed by atoms with Gasteiger partial charge >= 0.3 is 0 Å². The van der Waals surface area contributed by atoms with Crippen LogP contribution in [0.3, 0.4) is 0 Å². The standard InChI is InChI=1S/C28H29F3N6O3/c29-16-12-19(30)24(20(31)13-16)23-14-22(36-40-23)26(39)34-21-6-11-37(17-4-1-2-5-17)15-18(21)25(38)35-28(7-8-28)27-32-9-3-10-33-27/h3,9-10,12-14,17-18,21H,1-2,4-8,11,15H2,(H,34,39)(H,35,38)/t18-,21-/m1/s1. The Balaban J connectivity index is 1.20. The average molecular weight is 555 g/mol. The van der Waals surface area contributed by atoms with Gasteiger partial charge in [0.1, 0.15) is 17.5 Å². The van der Waals surface area contributed by atoms with Crippen molar-refractivity contribution >= 4 is 11.8 Å².